The Balaban J connectivity index is 1.46. The summed E-state index contributed by atoms with van der Waals surface area (Å²) in [6.45, 7) is 16.0. The number of carbonyl (C=O) groups excluding carboxylic acids is 1. The minimum Gasteiger partial charge on any atom is -0.444 e. The van der Waals surface area contributed by atoms with E-state index in [-0.39, 0.29) is 12.6 Å². The van der Waals surface area contributed by atoms with Crippen LogP contribution in [0, 0.1) is 6.57 Å². The van der Waals surface area contributed by atoms with E-state index < -0.39 is 22.5 Å². The molecule has 0 spiro atoms. The zero-order valence-electron chi connectivity index (χ0n) is 22.9. The summed E-state index contributed by atoms with van der Waals surface area (Å²) in [6, 6.07) is 14.4. The largest absolute Gasteiger partial charge is 0.444 e. The molecule has 1 aromatic heterocycles. The standard InChI is InChI=1S/C29H34N6O3S/c1-29(2,3)38-28(36)35-16-15-34(18-21(35)17-30-4)26-23-13-14-33(19-24(23)31-27(32-26)39(5)37)25-12-8-10-20-9-6-7-11-22(20)25/h6-12,21H,13-19H2,1-3,5H3. The molecular formula is C29H34N6O3S. The van der Waals surface area contributed by atoms with Gasteiger partial charge >= 0.3 is 6.09 Å². The second-order valence-corrected chi connectivity index (χ2v) is 12.3. The molecule has 0 N–H and O–H groups in total. The van der Waals surface area contributed by atoms with Gasteiger partial charge in [0.25, 0.3) is 0 Å². The quantitative estimate of drug-likeness (QED) is 0.357. The van der Waals surface area contributed by atoms with Crippen molar-refractivity contribution in [2.45, 2.75) is 50.5 Å². The lowest BCUT2D eigenvalue weighted by Crippen LogP contribution is -2.57. The molecule has 3 heterocycles. The number of anilines is 2. The second kappa shape index (κ2) is 10.8. The topological polar surface area (TPSA) is 83.2 Å². The number of hydrogen-bond acceptors (Lipinski definition) is 7. The Labute approximate surface area is 232 Å². The predicted octanol–water partition coefficient (Wildman–Crippen LogP) is 4.27. The van der Waals surface area contributed by atoms with Gasteiger partial charge in [-0.25, -0.2) is 21.3 Å². The highest BCUT2D eigenvalue weighted by atomic mass is 32.2. The van der Waals surface area contributed by atoms with Crippen LogP contribution in [0.1, 0.15) is 32.0 Å². The first-order chi connectivity index (χ1) is 18.6. The van der Waals surface area contributed by atoms with Crippen LogP contribution in [0.15, 0.2) is 47.6 Å². The predicted molar refractivity (Wildman–Crippen MR) is 153 cm³/mol. The number of benzene rings is 2. The number of ether oxygens (including phenoxy) is 1. The first kappa shape index (κ1) is 26.9. The van der Waals surface area contributed by atoms with Gasteiger partial charge in [-0.05, 0) is 38.6 Å². The Morgan fingerprint density at radius 1 is 1.10 bits per heavy atom. The molecule has 204 valence electrons. The number of rotatable bonds is 4. The molecule has 9 nitrogen and oxygen atoms in total. The molecular weight excluding hydrogens is 512 g/mol. The smallest absolute Gasteiger partial charge is 0.410 e. The molecule has 5 rings (SSSR count). The molecule has 0 bridgehead atoms. The highest BCUT2D eigenvalue weighted by molar-refractivity contribution is 7.84. The number of piperazine rings is 1. The van der Waals surface area contributed by atoms with Crippen LogP contribution >= 0.6 is 0 Å². The van der Waals surface area contributed by atoms with Crippen molar-refractivity contribution in [1.29, 1.82) is 0 Å². The third-order valence-corrected chi connectivity index (χ3v) is 7.80. The lowest BCUT2D eigenvalue weighted by atomic mass is 10.0. The van der Waals surface area contributed by atoms with E-state index in [2.05, 4.69) is 51.0 Å². The van der Waals surface area contributed by atoms with Crippen LogP contribution in [-0.4, -0.2) is 75.8 Å². The molecule has 0 aliphatic carbocycles. The molecule has 2 unspecified atom stereocenters. The van der Waals surface area contributed by atoms with E-state index >= 15 is 0 Å². The minimum atomic E-state index is -1.36. The van der Waals surface area contributed by atoms with E-state index in [1.165, 1.54) is 10.8 Å². The van der Waals surface area contributed by atoms with Crippen molar-refractivity contribution in [1.82, 2.24) is 14.9 Å². The molecule has 1 saturated heterocycles. The fourth-order valence-electron chi connectivity index (χ4n) is 5.34. The van der Waals surface area contributed by atoms with Crippen LogP contribution in [0.3, 0.4) is 0 Å². The fraction of sp³-hybridized carbons (Fsp3) is 0.448. The molecule has 10 heteroatoms. The van der Waals surface area contributed by atoms with E-state index in [9.17, 15) is 9.00 Å². The summed E-state index contributed by atoms with van der Waals surface area (Å²) in [5.41, 5.74) is 2.47. The number of fused-ring (bicyclic) bond motifs is 2. The Bertz CT molecular complexity index is 1460. The van der Waals surface area contributed by atoms with Crippen LogP contribution in [0.5, 0.6) is 0 Å². The zero-order valence-corrected chi connectivity index (χ0v) is 23.7. The number of aromatic nitrogens is 2. The van der Waals surface area contributed by atoms with E-state index in [1.807, 2.05) is 26.8 Å². The molecule has 2 aliphatic heterocycles. The average Bonchev–Trinajstić information content (AvgIpc) is 2.91. The molecule has 2 aliphatic rings. The van der Waals surface area contributed by atoms with Crippen molar-refractivity contribution >= 4 is 39.2 Å². The SMILES string of the molecule is [C-]#[N+]CC1CN(c2nc(S(C)=O)nc3c2CCN(c2cccc4ccccc24)C3)CCN1C(=O)OC(C)(C)C. The van der Waals surface area contributed by atoms with Crippen LogP contribution < -0.4 is 9.80 Å². The van der Waals surface area contributed by atoms with Gasteiger partial charge in [-0.2, -0.15) is 0 Å². The lowest BCUT2D eigenvalue weighted by molar-refractivity contribution is 0.0155. The lowest BCUT2D eigenvalue weighted by Gasteiger charge is -2.41. The van der Waals surface area contributed by atoms with E-state index in [0.29, 0.717) is 31.3 Å². The van der Waals surface area contributed by atoms with Crippen molar-refractivity contribution < 1.29 is 13.7 Å². The summed E-state index contributed by atoms with van der Waals surface area (Å²) in [7, 11) is -1.36. The monoisotopic (exact) mass is 546 g/mol. The van der Waals surface area contributed by atoms with Gasteiger partial charge in [-0.1, -0.05) is 36.4 Å². The molecule has 3 aromatic rings. The summed E-state index contributed by atoms with van der Waals surface area (Å²) in [5, 5.41) is 2.69. The number of carbonyl (C=O) groups is 1. The van der Waals surface area contributed by atoms with Crippen molar-refractivity contribution in [2.75, 3.05) is 48.8 Å². The van der Waals surface area contributed by atoms with Gasteiger partial charge in [-0.3, -0.25) is 9.11 Å². The van der Waals surface area contributed by atoms with E-state index in [4.69, 9.17) is 21.3 Å². The van der Waals surface area contributed by atoms with Crippen molar-refractivity contribution in [2.24, 2.45) is 0 Å². The number of hydrogen-bond donors (Lipinski definition) is 0. The number of amides is 1. The molecule has 0 saturated carbocycles. The molecule has 39 heavy (non-hydrogen) atoms. The zero-order chi connectivity index (χ0) is 27.7. The van der Waals surface area contributed by atoms with E-state index in [0.717, 1.165) is 35.7 Å². The van der Waals surface area contributed by atoms with Crippen molar-refractivity contribution in [3.63, 3.8) is 0 Å². The Morgan fingerprint density at radius 3 is 2.62 bits per heavy atom. The Morgan fingerprint density at radius 2 is 1.87 bits per heavy atom. The normalized spacial score (nSPS) is 18.4. The van der Waals surface area contributed by atoms with Gasteiger partial charge in [0.05, 0.1) is 23.0 Å². The van der Waals surface area contributed by atoms with Gasteiger partial charge in [0.1, 0.15) is 17.5 Å². The summed E-state index contributed by atoms with van der Waals surface area (Å²) in [4.78, 5) is 32.1. The molecule has 0 radical (unpaired) electrons. The molecule has 2 atom stereocenters. The first-order valence-corrected chi connectivity index (χ1v) is 14.7. The fourth-order valence-corrected chi connectivity index (χ4v) is 5.79. The van der Waals surface area contributed by atoms with Gasteiger partial charge in [0, 0.05) is 49.1 Å². The summed E-state index contributed by atoms with van der Waals surface area (Å²) >= 11 is 0. The number of nitrogens with zero attached hydrogens (tertiary/aromatic N) is 6. The van der Waals surface area contributed by atoms with Gasteiger partial charge < -0.3 is 19.4 Å². The molecule has 1 fully saturated rings. The maximum Gasteiger partial charge on any atom is 0.410 e. The van der Waals surface area contributed by atoms with Crippen LogP contribution in [-0.2, 0) is 28.5 Å². The maximum atomic E-state index is 12.9. The summed E-state index contributed by atoms with van der Waals surface area (Å²) in [6.07, 6.45) is 1.94. The second-order valence-electron chi connectivity index (χ2n) is 11.0. The van der Waals surface area contributed by atoms with Crippen molar-refractivity contribution in [3.05, 3.63) is 65.1 Å². The molecule has 1 amide bonds. The third-order valence-electron chi connectivity index (χ3n) is 7.10. The highest BCUT2D eigenvalue weighted by Crippen LogP contribution is 2.34. The van der Waals surface area contributed by atoms with Crippen LogP contribution in [0.4, 0.5) is 16.3 Å². The van der Waals surface area contributed by atoms with Gasteiger partial charge in [-0.15, -0.1) is 0 Å². The van der Waals surface area contributed by atoms with Gasteiger partial charge in [0.15, 0.2) is 0 Å². The van der Waals surface area contributed by atoms with E-state index in [1.54, 1.807) is 11.2 Å². The van der Waals surface area contributed by atoms with Gasteiger partial charge in [0.2, 0.25) is 11.7 Å². The maximum absolute atomic E-state index is 12.9. The minimum absolute atomic E-state index is 0.171. The summed E-state index contributed by atoms with van der Waals surface area (Å²) < 4.78 is 18.2. The summed E-state index contributed by atoms with van der Waals surface area (Å²) in [5.74, 6) is 0.765. The van der Waals surface area contributed by atoms with Crippen LogP contribution in [0.25, 0.3) is 15.6 Å². The average molecular weight is 547 g/mol. The third kappa shape index (κ3) is 5.69. The van der Waals surface area contributed by atoms with Crippen LogP contribution in [0.2, 0.25) is 0 Å². The molecule has 2 aromatic carbocycles. The highest BCUT2D eigenvalue weighted by Gasteiger charge is 2.37. The Kier molecular flexibility index (Phi) is 7.45. The first-order valence-electron chi connectivity index (χ1n) is 13.2. The Hall–Kier alpha value is -3.71. The van der Waals surface area contributed by atoms with Crippen molar-refractivity contribution in [3.8, 4) is 0 Å².